The van der Waals surface area contributed by atoms with E-state index in [1.807, 2.05) is 0 Å². The number of aromatic nitrogens is 1. The molecular formula is C14H13BrClN3O2. The lowest BCUT2D eigenvalue weighted by Crippen LogP contribution is -2.12. The molecule has 1 amide bonds. The Bertz CT molecular complexity index is 679. The minimum absolute atomic E-state index is 0.299. The van der Waals surface area contributed by atoms with Crippen LogP contribution in [0.5, 0.6) is 5.75 Å². The lowest BCUT2D eigenvalue weighted by atomic mass is 10.2. The molecule has 0 radical (unpaired) electrons. The van der Waals surface area contributed by atoms with Gasteiger partial charge in [0.15, 0.2) is 0 Å². The first-order valence-corrected chi connectivity index (χ1v) is 7.20. The molecule has 5 nitrogen and oxygen atoms in total. The molecule has 1 heterocycles. The molecule has 0 saturated carbocycles. The van der Waals surface area contributed by atoms with E-state index in [9.17, 15) is 4.79 Å². The molecule has 0 aliphatic carbocycles. The summed E-state index contributed by atoms with van der Waals surface area (Å²) >= 11 is 9.37. The lowest BCUT2D eigenvalue weighted by Gasteiger charge is -2.09. The number of anilines is 2. The van der Waals surface area contributed by atoms with E-state index in [0.29, 0.717) is 27.8 Å². The van der Waals surface area contributed by atoms with Crippen LogP contribution in [0.2, 0.25) is 5.02 Å². The van der Waals surface area contributed by atoms with Gasteiger partial charge in [-0.1, -0.05) is 27.5 Å². The molecule has 0 spiro atoms. The summed E-state index contributed by atoms with van der Waals surface area (Å²) in [7, 11) is 3.27. The summed E-state index contributed by atoms with van der Waals surface area (Å²) in [5.74, 6) is 0.867. The van der Waals surface area contributed by atoms with Gasteiger partial charge in [0.25, 0.3) is 5.91 Å². The monoisotopic (exact) mass is 369 g/mol. The minimum Gasteiger partial charge on any atom is -0.497 e. The van der Waals surface area contributed by atoms with Crippen molar-refractivity contribution < 1.29 is 9.53 Å². The van der Waals surface area contributed by atoms with Crippen molar-refractivity contribution in [3.05, 3.63) is 45.5 Å². The highest BCUT2D eigenvalue weighted by Crippen LogP contribution is 2.25. The number of methoxy groups -OCH3 is 1. The summed E-state index contributed by atoms with van der Waals surface area (Å²) in [5, 5.41) is 5.99. The second-order valence-corrected chi connectivity index (χ2v) is 5.46. The van der Waals surface area contributed by atoms with Crippen molar-refractivity contribution in [3.8, 4) is 5.75 Å². The van der Waals surface area contributed by atoms with Crippen molar-refractivity contribution in [3.63, 3.8) is 0 Å². The summed E-state index contributed by atoms with van der Waals surface area (Å²) in [6.07, 6.45) is 1.46. The quantitative estimate of drug-likeness (QED) is 0.859. The summed E-state index contributed by atoms with van der Waals surface area (Å²) < 4.78 is 5.95. The fraction of sp³-hybridized carbons (Fsp3) is 0.143. The first-order valence-electron chi connectivity index (χ1n) is 6.02. The Kier molecular flexibility index (Phi) is 5.03. The number of hydrogen-bond acceptors (Lipinski definition) is 4. The van der Waals surface area contributed by atoms with E-state index in [4.69, 9.17) is 16.3 Å². The van der Waals surface area contributed by atoms with Gasteiger partial charge in [-0.2, -0.15) is 0 Å². The zero-order valence-corrected chi connectivity index (χ0v) is 13.7. The van der Waals surface area contributed by atoms with Gasteiger partial charge in [-0.3, -0.25) is 4.79 Å². The van der Waals surface area contributed by atoms with Crippen molar-refractivity contribution in [2.75, 3.05) is 24.8 Å². The van der Waals surface area contributed by atoms with Gasteiger partial charge in [0, 0.05) is 29.5 Å². The molecule has 2 aromatic rings. The van der Waals surface area contributed by atoms with Crippen LogP contribution in [0.15, 0.2) is 34.9 Å². The second-order valence-electron chi connectivity index (χ2n) is 4.14. The van der Waals surface area contributed by atoms with E-state index in [1.54, 1.807) is 38.4 Å². The molecule has 1 aromatic heterocycles. The van der Waals surface area contributed by atoms with E-state index < -0.39 is 0 Å². The summed E-state index contributed by atoms with van der Waals surface area (Å²) in [5.41, 5.74) is 0.984. The molecule has 0 aliphatic heterocycles. The maximum atomic E-state index is 12.2. The lowest BCUT2D eigenvalue weighted by molar-refractivity contribution is 0.102. The average Bonchev–Trinajstić information content (AvgIpc) is 2.46. The second kappa shape index (κ2) is 6.78. The Balaban J connectivity index is 2.21. The molecule has 0 fully saturated rings. The molecule has 110 valence electrons. The maximum Gasteiger partial charge on any atom is 0.257 e. The Morgan fingerprint density at radius 2 is 2.10 bits per heavy atom. The molecule has 2 rings (SSSR count). The third-order valence-electron chi connectivity index (χ3n) is 2.71. The van der Waals surface area contributed by atoms with E-state index in [0.717, 1.165) is 4.47 Å². The number of benzene rings is 1. The highest BCUT2D eigenvalue weighted by atomic mass is 79.9. The minimum atomic E-state index is -0.299. The van der Waals surface area contributed by atoms with Crippen molar-refractivity contribution in [2.24, 2.45) is 0 Å². The molecule has 0 saturated heterocycles. The summed E-state index contributed by atoms with van der Waals surface area (Å²) in [6, 6.07) is 6.86. The van der Waals surface area contributed by atoms with E-state index in [-0.39, 0.29) is 5.91 Å². The molecule has 0 atom stereocenters. The van der Waals surface area contributed by atoms with Gasteiger partial charge in [0.2, 0.25) is 0 Å². The van der Waals surface area contributed by atoms with Crippen LogP contribution < -0.4 is 15.4 Å². The van der Waals surface area contributed by atoms with Crippen LogP contribution in [-0.4, -0.2) is 25.0 Å². The number of carbonyl (C=O) groups is 1. The van der Waals surface area contributed by atoms with E-state index >= 15 is 0 Å². The topological polar surface area (TPSA) is 63.2 Å². The zero-order valence-electron chi connectivity index (χ0n) is 11.4. The van der Waals surface area contributed by atoms with E-state index in [2.05, 4.69) is 31.5 Å². The number of pyridine rings is 1. The zero-order chi connectivity index (χ0) is 15.4. The standard InChI is InChI=1S/C14H13BrClN3O2/c1-17-13-12(16)3-8(7-18-13)14(20)19-10-4-9(15)5-11(6-10)21-2/h3-7H,1-2H3,(H,17,18)(H,19,20). The van der Waals surface area contributed by atoms with Crippen molar-refractivity contribution >= 4 is 44.9 Å². The van der Waals surface area contributed by atoms with Crippen LogP contribution in [-0.2, 0) is 0 Å². The Hall–Kier alpha value is -1.79. The van der Waals surface area contributed by atoms with Crippen molar-refractivity contribution in [1.82, 2.24) is 4.98 Å². The normalized spacial score (nSPS) is 10.1. The van der Waals surface area contributed by atoms with Gasteiger partial charge in [0.05, 0.1) is 17.7 Å². The number of amides is 1. The first kappa shape index (κ1) is 15.6. The predicted octanol–water partition coefficient (Wildman–Crippen LogP) is 3.80. The maximum absolute atomic E-state index is 12.2. The first-order chi connectivity index (χ1) is 10.0. The van der Waals surface area contributed by atoms with Crippen LogP contribution in [0.25, 0.3) is 0 Å². The highest BCUT2D eigenvalue weighted by molar-refractivity contribution is 9.10. The van der Waals surface area contributed by atoms with Crippen LogP contribution in [0.4, 0.5) is 11.5 Å². The molecule has 7 heteroatoms. The van der Waals surface area contributed by atoms with Gasteiger partial charge < -0.3 is 15.4 Å². The van der Waals surface area contributed by atoms with E-state index in [1.165, 1.54) is 6.20 Å². The van der Waals surface area contributed by atoms with Crippen molar-refractivity contribution in [1.29, 1.82) is 0 Å². The van der Waals surface area contributed by atoms with Crippen LogP contribution in [0.3, 0.4) is 0 Å². The summed E-state index contributed by atoms with van der Waals surface area (Å²) in [6.45, 7) is 0. The van der Waals surface area contributed by atoms with Crippen LogP contribution >= 0.6 is 27.5 Å². The number of hydrogen-bond donors (Lipinski definition) is 2. The Morgan fingerprint density at radius 3 is 2.71 bits per heavy atom. The fourth-order valence-electron chi connectivity index (χ4n) is 1.70. The number of nitrogens with zero attached hydrogens (tertiary/aromatic N) is 1. The van der Waals surface area contributed by atoms with Gasteiger partial charge in [-0.15, -0.1) is 0 Å². The SMILES string of the molecule is CNc1ncc(C(=O)Nc2cc(Br)cc(OC)c2)cc1Cl. The number of carbonyl (C=O) groups excluding carboxylic acids is 1. The average molecular weight is 371 g/mol. The van der Waals surface area contributed by atoms with Crippen molar-refractivity contribution in [2.45, 2.75) is 0 Å². The molecule has 0 bridgehead atoms. The smallest absolute Gasteiger partial charge is 0.257 e. The number of halogens is 2. The third-order valence-corrected chi connectivity index (χ3v) is 3.45. The van der Waals surface area contributed by atoms with Gasteiger partial charge in [-0.25, -0.2) is 4.98 Å². The molecule has 0 unspecified atom stereocenters. The summed E-state index contributed by atoms with van der Waals surface area (Å²) in [4.78, 5) is 16.3. The largest absolute Gasteiger partial charge is 0.497 e. The Labute approximate surface area is 135 Å². The third kappa shape index (κ3) is 3.86. The number of nitrogens with one attached hydrogen (secondary N) is 2. The molecular weight excluding hydrogens is 358 g/mol. The Morgan fingerprint density at radius 1 is 1.33 bits per heavy atom. The highest BCUT2D eigenvalue weighted by Gasteiger charge is 2.10. The van der Waals surface area contributed by atoms with Crippen LogP contribution in [0, 0.1) is 0 Å². The van der Waals surface area contributed by atoms with Gasteiger partial charge in [0.1, 0.15) is 11.6 Å². The molecule has 0 aliphatic rings. The molecule has 2 N–H and O–H groups in total. The predicted molar refractivity (Wildman–Crippen MR) is 87.4 cm³/mol. The number of ether oxygens (including phenoxy) is 1. The number of rotatable bonds is 4. The van der Waals surface area contributed by atoms with Crippen LogP contribution in [0.1, 0.15) is 10.4 Å². The molecule has 21 heavy (non-hydrogen) atoms. The van der Waals surface area contributed by atoms with Gasteiger partial charge in [-0.05, 0) is 18.2 Å². The fourth-order valence-corrected chi connectivity index (χ4v) is 2.44. The van der Waals surface area contributed by atoms with Gasteiger partial charge >= 0.3 is 0 Å². The molecule has 1 aromatic carbocycles.